The topological polar surface area (TPSA) is 86.0 Å². The molecule has 0 saturated carbocycles. The minimum atomic E-state index is -0.518. The molecule has 0 saturated heterocycles. The Morgan fingerprint density at radius 2 is 1.87 bits per heavy atom. The summed E-state index contributed by atoms with van der Waals surface area (Å²) >= 11 is 0. The summed E-state index contributed by atoms with van der Waals surface area (Å²) in [5.74, 6) is 0.844. The van der Waals surface area contributed by atoms with Crippen molar-refractivity contribution >= 4 is 16.8 Å². The van der Waals surface area contributed by atoms with Crippen molar-refractivity contribution in [2.24, 2.45) is 0 Å². The van der Waals surface area contributed by atoms with Gasteiger partial charge >= 0.3 is 5.63 Å². The molecule has 2 heterocycles. The summed E-state index contributed by atoms with van der Waals surface area (Å²) in [5.41, 5.74) is 3.86. The first-order valence-corrected chi connectivity index (χ1v) is 10.2. The van der Waals surface area contributed by atoms with Crippen molar-refractivity contribution in [3.63, 3.8) is 0 Å². The van der Waals surface area contributed by atoms with E-state index in [2.05, 4.69) is 0 Å². The highest BCUT2D eigenvalue weighted by Gasteiger charge is 2.33. The van der Waals surface area contributed by atoms with Crippen LogP contribution in [0.1, 0.15) is 58.0 Å². The van der Waals surface area contributed by atoms with Gasteiger partial charge in [0.1, 0.15) is 17.4 Å². The van der Waals surface area contributed by atoms with Crippen LogP contribution < -0.4 is 15.1 Å². The van der Waals surface area contributed by atoms with Crippen molar-refractivity contribution in [2.75, 3.05) is 7.11 Å². The predicted molar refractivity (Wildman–Crippen MR) is 111 cm³/mol. The number of rotatable bonds is 2. The number of fused-ring (bicyclic) bond motifs is 5. The van der Waals surface area contributed by atoms with Gasteiger partial charge in [-0.15, -0.1) is 0 Å². The van der Waals surface area contributed by atoms with E-state index in [0.29, 0.717) is 34.6 Å². The van der Waals surface area contributed by atoms with Gasteiger partial charge < -0.3 is 19.0 Å². The number of Topliss-reactive ketones (excluding diaryl/α,β-unsaturated/α-hetero) is 1. The highest BCUT2D eigenvalue weighted by Crippen LogP contribution is 2.44. The second-order valence-corrected chi connectivity index (χ2v) is 7.99. The molecule has 1 atom stereocenters. The molecule has 0 fully saturated rings. The monoisotopic (exact) mass is 406 g/mol. The van der Waals surface area contributed by atoms with E-state index >= 15 is 0 Å². The van der Waals surface area contributed by atoms with Crippen molar-refractivity contribution in [3.05, 3.63) is 62.5 Å². The zero-order valence-corrected chi connectivity index (χ0v) is 16.9. The lowest BCUT2D eigenvalue weighted by Crippen LogP contribution is -2.23. The quantitative estimate of drug-likeness (QED) is 0.635. The first-order chi connectivity index (χ1) is 14.5. The molecule has 5 rings (SSSR count). The van der Waals surface area contributed by atoms with Crippen LogP contribution in [-0.2, 0) is 12.8 Å². The second-order valence-electron chi connectivity index (χ2n) is 7.99. The van der Waals surface area contributed by atoms with Crippen LogP contribution >= 0.6 is 0 Å². The molecule has 6 heteroatoms. The zero-order valence-electron chi connectivity index (χ0n) is 16.9. The Morgan fingerprint density at radius 1 is 1.10 bits per heavy atom. The Balaban J connectivity index is 1.73. The van der Waals surface area contributed by atoms with Gasteiger partial charge in [0.2, 0.25) is 0 Å². The SMILES string of the molecule is COc1cc([C@@H]2CC(=O)c3c(C)cc4oc(=O)c5c(c4c3O2)CCCC5)ccc1O. The number of benzene rings is 2. The lowest BCUT2D eigenvalue weighted by atomic mass is 9.86. The average molecular weight is 406 g/mol. The van der Waals surface area contributed by atoms with Crippen LogP contribution in [0.3, 0.4) is 0 Å². The number of aromatic hydroxyl groups is 1. The summed E-state index contributed by atoms with van der Waals surface area (Å²) < 4.78 is 17.3. The Hall–Kier alpha value is -3.28. The van der Waals surface area contributed by atoms with E-state index < -0.39 is 6.10 Å². The number of carbonyl (C=O) groups excluding carboxylic acids is 1. The third-order valence-electron chi connectivity index (χ3n) is 6.15. The summed E-state index contributed by atoms with van der Waals surface area (Å²) in [6.07, 6.45) is 3.06. The summed E-state index contributed by atoms with van der Waals surface area (Å²) in [7, 11) is 1.48. The third kappa shape index (κ3) is 2.78. The highest BCUT2D eigenvalue weighted by atomic mass is 16.5. The summed E-state index contributed by atoms with van der Waals surface area (Å²) in [6.45, 7) is 1.84. The lowest BCUT2D eigenvalue weighted by molar-refractivity contribution is 0.0852. The molecule has 154 valence electrons. The number of phenolic OH excluding ortho intramolecular Hbond substituents is 1. The Bertz CT molecular complexity index is 1250. The number of phenols is 1. The number of hydrogen-bond donors (Lipinski definition) is 1. The van der Waals surface area contributed by atoms with Gasteiger partial charge in [-0.2, -0.15) is 0 Å². The average Bonchev–Trinajstić information content (AvgIpc) is 2.73. The number of hydrogen-bond acceptors (Lipinski definition) is 6. The van der Waals surface area contributed by atoms with E-state index in [1.165, 1.54) is 13.2 Å². The predicted octanol–water partition coefficient (Wildman–Crippen LogP) is 4.40. The maximum Gasteiger partial charge on any atom is 0.339 e. The fourth-order valence-corrected chi connectivity index (χ4v) is 4.69. The molecule has 2 aliphatic rings. The standard InChI is InChI=1S/C24H22O6/c1-12-9-20-22(14-5-3-4-6-15(14)24(27)30-20)23-21(12)17(26)11-18(29-23)13-7-8-16(25)19(10-13)28-2/h7-10,18,25H,3-6,11H2,1-2H3/t18-/m0/s1. The minimum Gasteiger partial charge on any atom is -0.504 e. The first kappa shape index (κ1) is 18.7. The Morgan fingerprint density at radius 3 is 2.63 bits per heavy atom. The van der Waals surface area contributed by atoms with Crippen LogP contribution in [0.2, 0.25) is 0 Å². The molecule has 1 aliphatic heterocycles. The van der Waals surface area contributed by atoms with Crippen molar-refractivity contribution in [1.82, 2.24) is 0 Å². The van der Waals surface area contributed by atoms with Crippen LogP contribution in [0.5, 0.6) is 17.2 Å². The summed E-state index contributed by atoms with van der Waals surface area (Å²) in [5, 5.41) is 10.6. The van der Waals surface area contributed by atoms with E-state index in [1.54, 1.807) is 18.2 Å². The number of aryl methyl sites for hydroxylation is 2. The molecule has 0 amide bonds. The largest absolute Gasteiger partial charge is 0.504 e. The molecular weight excluding hydrogens is 384 g/mol. The first-order valence-electron chi connectivity index (χ1n) is 10.2. The van der Waals surface area contributed by atoms with E-state index in [4.69, 9.17) is 13.9 Å². The molecular formula is C24H22O6. The maximum absolute atomic E-state index is 13.1. The molecule has 30 heavy (non-hydrogen) atoms. The lowest BCUT2D eigenvalue weighted by Gasteiger charge is -2.29. The molecule has 3 aromatic rings. The van der Waals surface area contributed by atoms with E-state index in [-0.39, 0.29) is 23.6 Å². The van der Waals surface area contributed by atoms with Crippen molar-refractivity contribution < 1.29 is 23.8 Å². The third-order valence-corrected chi connectivity index (χ3v) is 6.15. The summed E-state index contributed by atoms with van der Waals surface area (Å²) in [4.78, 5) is 25.6. The maximum atomic E-state index is 13.1. The van der Waals surface area contributed by atoms with Crippen molar-refractivity contribution in [3.8, 4) is 17.2 Å². The van der Waals surface area contributed by atoms with Gasteiger partial charge in [-0.05, 0) is 67.5 Å². The number of ether oxygens (including phenoxy) is 2. The van der Waals surface area contributed by atoms with E-state index in [1.807, 2.05) is 6.92 Å². The van der Waals surface area contributed by atoms with Crippen LogP contribution in [0.25, 0.3) is 11.0 Å². The molecule has 1 aromatic heterocycles. The Kier molecular flexibility index (Phi) is 4.31. The fraction of sp³-hybridized carbons (Fsp3) is 0.333. The second kappa shape index (κ2) is 6.90. The van der Waals surface area contributed by atoms with Crippen LogP contribution in [-0.4, -0.2) is 18.0 Å². The molecule has 2 aromatic carbocycles. The van der Waals surface area contributed by atoms with Gasteiger partial charge in [0, 0.05) is 5.56 Å². The van der Waals surface area contributed by atoms with Crippen molar-refractivity contribution in [1.29, 1.82) is 0 Å². The van der Waals surface area contributed by atoms with Gasteiger partial charge in [0.15, 0.2) is 17.3 Å². The Labute approximate surface area is 173 Å². The number of carbonyl (C=O) groups is 1. The van der Waals surface area contributed by atoms with E-state index in [0.717, 1.165) is 41.3 Å². The van der Waals surface area contributed by atoms with Gasteiger partial charge in [0.05, 0.1) is 24.5 Å². The van der Waals surface area contributed by atoms with Crippen LogP contribution in [0.15, 0.2) is 33.5 Å². The molecule has 6 nitrogen and oxygen atoms in total. The summed E-state index contributed by atoms with van der Waals surface area (Å²) in [6, 6.07) is 6.72. The van der Waals surface area contributed by atoms with E-state index in [9.17, 15) is 14.7 Å². The van der Waals surface area contributed by atoms with Crippen molar-refractivity contribution in [2.45, 2.75) is 45.1 Å². The molecule has 1 N–H and O–H groups in total. The molecule has 0 radical (unpaired) electrons. The number of methoxy groups -OCH3 is 1. The smallest absolute Gasteiger partial charge is 0.339 e. The van der Waals surface area contributed by atoms with Gasteiger partial charge in [-0.3, -0.25) is 4.79 Å². The van der Waals surface area contributed by atoms with Gasteiger partial charge in [0.25, 0.3) is 0 Å². The van der Waals surface area contributed by atoms with Crippen LogP contribution in [0, 0.1) is 6.92 Å². The molecule has 0 spiro atoms. The highest BCUT2D eigenvalue weighted by molar-refractivity contribution is 6.07. The molecule has 0 bridgehead atoms. The zero-order chi connectivity index (χ0) is 21.0. The molecule has 1 aliphatic carbocycles. The minimum absolute atomic E-state index is 0.0107. The molecule has 0 unspecified atom stereocenters. The van der Waals surface area contributed by atoms with Crippen LogP contribution in [0.4, 0.5) is 0 Å². The van der Waals surface area contributed by atoms with Gasteiger partial charge in [-0.1, -0.05) is 6.07 Å². The normalized spacial score (nSPS) is 17.9. The fourth-order valence-electron chi connectivity index (χ4n) is 4.69. The number of ketones is 1. The van der Waals surface area contributed by atoms with Gasteiger partial charge in [-0.25, -0.2) is 4.79 Å².